The number of sulfonamides is 1. The summed E-state index contributed by atoms with van der Waals surface area (Å²) in [6.07, 6.45) is 4.09. The van der Waals surface area contributed by atoms with Crippen molar-refractivity contribution >= 4 is 21.8 Å². The standard InChI is InChI=1S/C19H22N4O4S/c1-14-8-9-16(13-20-14)19(25)22-21-18(24)15-6-5-7-17(12-15)28(26,27)23-10-3-2-4-11-23/h5-9,12-13H,2-4,10-11H2,1H3,(H,21,24)(H,22,25). The Bertz CT molecular complexity index is 968. The van der Waals surface area contributed by atoms with Gasteiger partial charge in [-0.05, 0) is 50.1 Å². The topological polar surface area (TPSA) is 108 Å². The largest absolute Gasteiger partial charge is 0.271 e. The number of nitrogens with one attached hydrogen (secondary N) is 2. The summed E-state index contributed by atoms with van der Waals surface area (Å²) in [4.78, 5) is 28.5. The van der Waals surface area contributed by atoms with E-state index >= 15 is 0 Å². The van der Waals surface area contributed by atoms with Crippen molar-refractivity contribution in [1.82, 2.24) is 20.1 Å². The molecular formula is C19H22N4O4S. The fourth-order valence-electron chi connectivity index (χ4n) is 2.91. The van der Waals surface area contributed by atoms with Crippen molar-refractivity contribution in [3.63, 3.8) is 0 Å². The number of pyridine rings is 1. The minimum absolute atomic E-state index is 0.0658. The highest BCUT2D eigenvalue weighted by Crippen LogP contribution is 2.21. The minimum atomic E-state index is -3.64. The van der Waals surface area contributed by atoms with E-state index in [0.29, 0.717) is 18.7 Å². The third-order valence-electron chi connectivity index (χ3n) is 4.51. The normalized spacial score (nSPS) is 15.0. The number of hydrazine groups is 1. The number of piperidine rings is 1. The van der Waals surface area contributed by atoms with Crippen molar-refractivity contribution in [3.05, 3.63) is 59.4 Å². The summed E-state index contributed by atoms with van der Waals surface area (Å²) >= 11 is 0. The molecular weight excluding hydrogens is 380 g/mol. The zero-order chi connectivity index (χ0) is 20.1. The van der Waals surface area contributed by atoms with Gasteiger partial charge in [0, 0.05) is 30.5 Å². The van der Waals surface area contributed by atoms with E-state index in [1.54, 1.807) is 19.1 Å². The van der Waals surface area contributed by atoms with Crippen LogP contribution in [0.1, 0.15) is 45.7 Å². The molecule has 0 unspecified atom stereocenters. The molecule has 2 aromatic rings. The number of rotatable bonds is 4. The molecule has 3 rings (SSSR count). The van der Waals surface area contributed by atoms with E-state index in [1.807, 2.05) is 0 Å². The summed E-state index contributed by atoms with van der Waals surface area (Å²) in [7, 11) is -3.64. The predicted octanol–water partition coefficient (Wildman–Crippen LogP) is 1.64. The first kappa shape index (κ1) is 20.0. The van der Waals surface area contributed by atoms with Crippen LogP contribution in [0.25, 0.3) is 0 Å². The highest BCUT2D eigenvalue weighted by Gasteiger charge is 2.26. The number of hydrogen-bond acceptors (Lipinski definition) is 5. The average molecular weight is 402 g/mol. The molecule has 148 valence electrons. The SMILES string of the molecule is Cc1ccc(C(=O)NNC(=O)c2cccc(S(=O)(=O)N3CCCCC3)c2)cn1. The Kier molecular flexibility index (Phi) is 6.05. The third-order valence-corrected chi connectivity index (χ3v) is 6.41. The van der Waals surface area contributed by atoms with E-state index in [-0.39, 0.29) is 10.5 Å². The van der Waals surface area contributed by atoms with E-state index in [1.165, 1.54) is 34.8 Å². The highest BCUT2D eigenvalue weighted by molar-refractivity contribution is 7.89. The van der Waals surface area contributed by atoms with Crippen LogP contribution in [0.3, 0.4) is 0 Å². The summed E-state index contributed by atoms with van der Waals surface area (Å²) in [6, 6.07) is 9.07. The van der Waals surface area contributed by atoms with Crippen LogP contribution in [0.2, 0.25) is 0 Å². The Labute approximate surface area is 164 Å². The molecule has 1 fully saturated rings. The lowest BCUT2D eigenvalue weighted by atomic mass is 10.2. The summed E-state index contributed by atoms with van der Waals surface area (Å²) in [6.45, 7) is 2.77. The monoisotopic (exact) mass is 402 g/mol. The lowest BCUT2D eigenvalue weighted by molar-refractivity contribution is 0.0846. The maximum atomic E-state index is 12.8. The lowest BCUT2D eigenvalue weighted by Crippen LogP contribution is -2.41. The summed E-state index contributed by atoms with van der Waals surface area (Å²) in [5, 5.41) is 0. The van der Waals surface area contributed by atoms with Gasteiger partial charge in [0.15, 0.2) is 0 Å². The molecule has 2 amide bonds. The van der Waals surface area contributed by atoms with Gasteiger partial charge < -0.3 is 0 Å². The van der Waals surface area contributed by atoms with Crippen LogP contribution in [0.5, 0.6) is 0 Å². The van der Waals surface area contributed by atoms with Crippen LogP contribution in [-0.4, -0.2) is 42.6 Å². The number of benzene rings is 1. The van der Waals surface area contributed by atoms with Gasteiger partial charge in [-0.3, -0.25) is 25.4 Å². The van der Waals surface area contributed by atoms with Crippen molar-refractivity contribution in [2.75, 3.05) is 13.1 Å². The molecule has 0 bridgehead atoms. The molecule has 28 heavy (non-hydrogen) atoms. The van der Waals surface area contributed by atoms with Gasteiger partial charge in [-0.15, -0.1) is 0 Å². The Morgan fingerprint density at radius 3 is 2.29 bits per heavy atom. The number of amides is 2. The predicted molar refractivity (Wildman–Crippen MR) is 103 cm³/mol. The van der Waals surface area contributed by atoms with Crippen molar-refractivity contribution in [2.24, 2.45) is 0 Å². The highest BCUT2D eigenvalue weighted by atomic mass is 32.2. The fraction of sp³-hybridized carbons (Fsp3) is 0.316. The molecule has 1 aromatic carbocycles. The van der Waals surface area contributed by atoms with Gasteiger partial charge in [-0.2, -0.15) is 4.31 Å². The Balaban J connectivity index is 1.68. The molecule has 1 aliphatic rings. The maximum Gasteiger partial charge on any atom is 0.271 e. The Morgan fingerprint density at radius 2 is 1.64 bits per heavy atom. The molecule has 0 atom stereocenters. The van der Waals surface area contributed by atoms with Crippen molar-refractivity contribution in [3.8, 4) is 0 Å². The molecule has 0 radical (unpaired) electrons. The van der Waals surface area contributed by atoms with Crippen molar-refractivity contribution in [2.45, 2.75) is 31.1 Å². The number of nitrogens with zero attached hydrogens (tertiary/aromatic N) is 2. The van der Waals surface area contributed by atoms with E-state index in [4.69, 9.17) is 0 Å². The fourth-order valence-corrected chi connectivity index (χ4v) is 4.48. The molecule has 1 saturated heterocycles. The van der Waals surface area contributed by atoms with E-state index < -0.39 is 21.8 Å². The van der Waals surface area contributed by atoms with Gasteiger partial charge in [0.25, 0.3) is 11.8 Å². The number of carbonyl (C=O) groups is 2. The maximum absolute atomic E-state index is 12.8. The molecule has 1 aliphatic heterocycles. The second-order valence-electron chi connectivity index (χ2n) is 6.59. The summed E-state index contributed by atoms with van der Waals surface area (Å²) in [5.41, 5.74) is 5.80. The molecule has 2 N–H and O–H groups in total. The van der Waals surface area contributed by atoms with Gasteiger partial charge in [0.1, 0.15) is 0 Å². The molecule has 8 nitrogen and oxygen atoms in total. The van der Waals surface area contributed by atoms with Gasteiger partial charge in [0.05, 0.1) is 10.5 Å². The van der Waals surface area contributed by atoms with Crippen molar-refractivity contribution < 1.29 is 18.0 Å². The van der Waals surface area contributed by atoms with Crippen LogP contribution in [0.15, 0.2) is 47.5 Å². The average Bonchev–Trinajstić information content (AvgIpc) is 2.73. The molecule has 0 aliphatic carbocycles. The lowest BCUT2D eigenvalue weighted by Gasteiger charge is -2.26. The first-order chi connectivity index (χ1) is 13.4. The smallest absolute Gasteiger partial charge is 0.267 e. The summed E-state index contributed by atoms with van der Waals surface area (Å²) < 4.78 is 27.0. The van der Waals surface area contributed by atoms with Crippen LogP contribution in [0.4, 0.5) is 0 Å². The first-order valence-corrected chi connectivity index (χ1v) is 10.5. The van der Waals surface area contributed by atoms with E-state index in [9.17, 15) is 18.0 Å². The molecule has 0 saturated carbocycles. The Morgan fingerprint density at radius 1 is 0.964 bits per heavy atom. The number of hydrogen-bond donors (Lipinski definition) is 2. The zero-order valence-electron chi connectivity index (χ0n) is 15.5. The van der Waals surface area contributed by atoms with Gasteiger partial charge in [-0.25, -0.2) is 8.42 Å². The van der Waals surface area contributed by atoms with Crippen LogP contribution in [0, 0.1) is 6.92 Å². The van der Waals surface area contributed by atoms with Gasteiger partial charge >= 0.3 is 0 Å². The molecule has 2 heterocycles. The Hall–Kier alpha value is -2.78. The van der Waals surface area contributed by atoms with Crippen LogP contribution < -0.4 is 10.9 Å². The second kappa shape index (κ2) is 8.49. The van der Waals surface area contributed by atoms with Gasteiger partial charge in [-0.1, -0.05) is 12.5 Å². The van der Waals surface area contributed by atoms with E-state index in [0.717, 1.165) is 25.0 Å². The molecule has 9 heteroatoms. The third kappa shape index (κ3) is 4.55. The number of aromatic nitrogens is 1. The van der Waals surface area contributed by atoms with Crippen LogP contribution in [-0.2, 0) is 10.0 Å². The number of carbonyl (C=O) groups excluding carboxylic acids is 2. The zero-order valence-corrected chi connectivity index (χ0v) is 16.3. The molecule has 0 spiro atoms. The quantitative estimate of drug-likeness (QED) is 0.756. The second-order valence-corrected chi connectivity index (χ2v) is 8.53. The van der Waals surface area contributed by atoms with Gasteiger partial charge in [0.2, 0.25) is 10.0 Å². The molecule has 1 aromatic heterocycles. The first-order valence-electron chi connectivity index (χ1n) is 9.01. The number of aryl methyl sites for hydroxylation is 1. The van der Waals surface area contributed by atoms with Crippen molar-refractivity contribution in [1.29, 1.82) is 0 Å². The minimum Gasteiger partial charge on any atom is -0.267 e. The summed E-state index contributed by atoms with van der Waals surface area (Å²) in [5.74, 6) is -1.12. The van der Waals surface area contributed by atoms with Crippen LogP contribution >= 0.6 is 0 Å². The van der Waals surface area contributed by atoms with E-state index in [2.05, 4.69) is 15.8 Å².